The molecule has 1 aromatic rings. The fraction of sp³-hybridized carbons (Fsp3) is 0.857. The molecule has 2 heterocycles. The smallest absolute Gasteiger partial charge is 0.194 e. The van der Waals surface area contributed by atoms with Gasteiger partial charge in [0, 0.05) is 43.1 Å². The number of aryl methyl sites for hydroxylation is 1. The van der Waals surface area contributed by atoms with E-state index in [1.165, 1.54) is 25.7 Å². The summed E-state index contributed by atoms with van der Waals surface area (Å²) in [4.78, 5) is 7.35. The molecule has 0 radical (unpaired) electrons. The van der Waals surface area contributed by atoms with Crippen molar-refractivity contribution in [3.8, 4) is 0 Å². The van der Waals surface area contributed by atoms with Gasteiger partial charge in [-0.3, -0.25) is 4.99 Å². The highest BCUT2D eigenvalue weighted by Gasteiger charge is 2.53. The molecular formula is C21H38N6S. The van der Waals surface area contributed by atoms with E-state index in [1.54, 1.807) is 11.8 Å². The van der Waals surface area contributed by atoms with E-state index in [4.69, 9.17) is 4.99 Å². The minimum Gasteiger partial charge on any atom is -0.356 e. The molecule has 1 N–H and O–H groups in total. The molecule has 6 nitrogen and oxygen atoms in total. The van der Waals surface area contributed by atoms with Gasteiger partial charge in [0.1, 0.15) is 5.82 Å². The highest BCUT2D eigenvalue weighted by molar-refractivity contribution is 7.98. The van der Waals surface area contributed by atoms with Crippen molar-refractivity contribution in [2.24, 2.45) is 10.4 Å². The van der Waals surface area contributed by atoms with E-state index in [2.05, 4.69) is 65.9 Å². The summed E-state index contributed by atoms with van der Waals surface area (Å²) in [6.45, 7) is 14.2. The summed E-state index contributed by atoms with van der Waals surface area (Å²) in [5.74, 6) is 2.19. The molecule has 0 atom stereocenters. The van der Waals surface area contributed by atoms with Crippen molar-refractivity contribution in [2.45, 2.75) is 89.9 Å². The van der Waals surface area contributed by atoms with Crippen LogP contribution in [-0.4, -0.2) is 57.1 Å². The van der Waals surface area contributed by atoms with Gasteiger partial charge in [0.05, 0.1) is 0 Å². The largest absolute Gasteiger partial charge is 0.356 e. The van der Waals surface area contributed by atoms with Crippen LogP contribution in [0, 0.1) is 5.41 Å². The normalized spacial score (nSPS) is 21.8. The second-order valence-electron chi connectivity index (χ2n) is 9.28. The van der Waals surface area contributed by atoms with E-state index in [-0.39, 0.29) is 5.54 Å². The van der Waals surface area contributed by atoms with Gasteiger partial charge in [-0.25, -0.2) is 0 Å². The summed E-state index contributed by atoms with van der Waals surface area (Å²) in [7, 11) is 0. The van der Waals surface area contributed by atoms with Crippen LogP contribution in [0.25, 0.3) is 0 Å². The third-order valence-corrected chi connectivity index (χ3v) is 7.55. The highest BCUT2D eigenvalue weighted by atomic mass is 32.2. The number of aromatic nitrogens is 3. The predicted octanol–water partition coefficient (Wildman–Crippen LogP) is 4.13. The number of aliphatic imine (C=N–C) groups is 1. The van der Waals surface area contributed by atoms with Gasteiger partial charge in [-0.05, 0) is 46.3 Å². The van der Waals surface area contributed by atoms with Crippen LogP contribution in [-0.2, 0) is 6.42 Å². The van der Waals surface area contributed by atoms with Crippen molar-refractivity contribution < 1.29 is 0 Å². The first-order valence-electron chi connectivity index (χ1n) is 10.9. The number of hydrogen-bond acceptors (Lipinski definition) is 4. The van der Waals surface area contributed by atoms with E-state index in [9.17, 15) is 0 Å². The summed E-state index contributed by atoms with van der Waals surface area (Å²) < 4.78 is 2.41. The third-order valence-electron chi connectivity index (χ3n) is 6.90. The lowest BCUT2D eigenvalue weighted by Gasteiger charge is -2.62. The van der Waals surface area contributed by atoms with E-state index in [1.807, 2.05) is 0 Å². The summed E-state index contributed by atoms with van der Waals surface area (Å²) >= 11 is 1.71. The van der Waals surface area contributed by atoms with Gasteiger partial charge in [0.25, 0.3) is 0 Å². The Balaban J connectivity index is 1.62. The van der Waals surface area contributed by atoms with Gasteiger partial charge in [-0.2, -0.15) is 0 Å². The summed E-state index contributed by atoms with van der Waals surface area (Å²) in [5, 5.41) is 13.5. The zero-order valence-electron chi connectivity index (χ0n) is 18.6. The maximum Gasteiger partial charge on any atom is 0.194 e. The Hall–Kier alpha value is -1.24. The molecule has 2 fully saturated rings. The molecule has 3 rings (SSSR count). The molecule has 7 heteroatoms. The van der Waals surface area contributed by atoms with Crippen molar-refractivity contribution in [2.75, 3.05) is 25.9 Å². The Labute approximate surface area is 175 Å². The fourth-order valence-electron chi connectivity index (χ4n) is 4.36. The molecule has 1 saturated heterocycles. The zero-order chi connectivity index (χ0) is 20.4. The zero-order valence-corrected chi connectivity index (χ0v) is 19.4. The van der Waals surface area contributed by atoms with Crippen molar-refractivity contribution in [3.63, 3.8) is 0 Å². The number of hydrogen-bond donors (Lipinski definition) is 1. The molecule has 1 saturated carbocycles. The fourth-order valence-corrected chi connectivity index (χ4v) is 4.94. The standard InChI is InChI=1S/C21H38N6S/c1-7-22-18(26-15-20(2,3)21(26,4)5)23-14-10-13-17-24-25-19(28-6)27(17)16-11-8-9-12-16/h16H,7-15H2,1-6H3,(H,22,23). The molecule has 1 aliphatic carbocycles. The van der Waals surface area contributed by atoms with Crippen LogP contribution in [0.3, 0.4) is 0 Å². The lowest BCUT2D eigenvalue weighted by atomic mass is 9.65. The van der Waals surface area contributed by atoms with Crippen molar-refractivity contribution in [1.82, 2.24) is 25.0 Å². The van der Waals surface area contributed by atoms with Crippen LogP contribution >= 0.6 is 11.8 Å². The van der Waals surface area contributed by atoms with Crippen molar-refractivity contribution >= 4 is 17.7 Å². The maximum absolute atomic E-state index is 4.93. The predicted molar refractivity (Wildman–Crippen MR) is 118 cm³/mol. The monoisotopic (exact) mass is 406 g/mol. The number of thioether (sulfide) groups is 1. The molecule has 28 heavy (non-hydrogen) atoms. The number of guanidine groups is 1. The average molecular weight is 407 g/mol. The second-order valence-corrected chi connectivity index (χ2v) is 10.1. The SMILES string of the molecule is CCNC(=NCCCc1nnc(SC)n1C1CCCC1)N1CC(C)(C)C1(C)C. The Morgan fingerprint density at radius 2 is 1.93 bits per heavy atom. The first-order valence-corrected chi connectivity index (χ1v) is 12.1. The van der Waals surface area contributed by atoms with Gasteiger partial charge in [-0.1, -0.05) is 38.5 Å². The Kier molecular flexibility index (Phi) is 6.62. The number of likely N-dealkylation sites (tertiary alicyclic amines) is 1. The van der Waals surface area contributed by atoms with Crippen LogP contribution in [0.5, 0.6) is 0 Å². The van der Waals surface area contributed by atoms with Gasteiger partial charge in [0.2, 0.25) is 0 Å². The van der Waals surface area contributed by atoms with Crippen LogP contribution in [0.15, 0.2) is 10.1 Å². The third kappa shape index (κ3) is 4.05. The highest BCUT2D eigenvalue weighted by Crippen LogP contribution is 2.46. The molecule has 0 amide bonds. The van der Waals surface area contributed by atoms with Crippen LogP contribution in [0.4, 0.5) is 0 Å². The molecule has 0 aromatic carbocycles. The van der Waals surface area contributed by atoms with Crippen LogP contribution in [0.2, 0.25) is 0 Å². The maximum atomic E-state index is 4.93. The second kappa shape index (κ2) is 8.64. The molecule has 1 aromatic heterocycles. The lowest BCUT2D eigenvalue weighted by Crippen LogP contribution is -2.72. The molecule has 0 bridgehead atoms. The van der Waals surface area contributed by atoms with Crippen LogP contribution < -0.4 is 5.32 Å². The summed E-state index contributed by atoms with van der Waals surface area (Å²) in [5.41, 5.74) is 0.443. The van der Waals surface area contributed by atoms with Crippen molar-refractivity contribution in [1.29, 1.82) is 0 Å². The minimum absolute atomic E-state index is 0.129. The van der Waals surface area contributed by atoms with Crippen molar-refractivity contribution in [3.05, 3.63) is 5.82 Å². The number of rotatable bonds is 7. The first-order chi connectivity index (χ1) is 13.3. The molecule has 0 unspecified atom stereocenters. The summed E-state index contributed by atoms with van der Waals surface area (Å²) in [6.07, 6.45) is 9.24. The quantitative estimate of drug-likeness (QED) is 0.319. The Morgan fingerprint density at radius 3 is 2.50 bits per heavy atom. The van der Waals surface area contributed by atoms with Gasteiger partial charge in [0.15, 0.2) is 11.1 Å². The average Bonchev–Trinajstić information content (AvgIpc) is 3.31. The minimum atomic E-state index is 0.129. The molecule has 1 aliphatic heterocycles. The van der Waals surface area contributed by atoms with E-state index >= 15 is 0 Å². The molecular weight excluding hydrogens is 368 g/mol. The van der Waals surface area contributed by atoms with Gasteiger partial charge >= 0.3 is 0 Å². The topological polar surface area (TPSA) is 58.3 Å². The Morgan fingerprint density at radius 1 is 1.21 bits per heavy atom. The first kappa shape index (κ1) is 21.5. The number of nitrogens with zero attached hydrogens (tertiary/aromatic N) is 5. The molecule has 0 spiro atoms. The van der Waals surface area contributed by atoms with Crippen LogP contribution in [0.1, 0.15) is 78.6 Å². The van der Waals surface area contributed by atoms with Gasteiger partial charge < -0.3 is 14.8 Å². The van der Waals surface area contributed by atoms with Gasteiger partial charge in [-0.15, -0.1) is 10.2 Å². The lowest BCUT2D eigenvalue weighted by molar-refractivity contribution is -0.0667. The number of nitrogens with one attached hydrogen (secondary N) is 1. The molecule has 158 valence electrons. The van der Waals surface area contributed by atoms with E-state index < -0.39 is 0 Å². The summed E-state index contributed by atoms with van der Waals surface area (Å²) in [6, 6.07) is 0.595. The van der Waals surface area contributed by atoms with E-state index in [0.717, 1.165) is 49.4 Å². The van der Waals surface area contributed by atoms with E-state index in [0.29, 0.717) is 11.5 Å². The molecule has 2 aliphatic rings. The Bertz CT molecular complexity index is 687.